The van der Waals surface area contributed by atoms with E-state index in [2.05, 4.69) is 16.8 Å². The summed E-state index contributed by atoms with van der Waals surface area (Å²) in [4.78, 5) is 17.6. The van der Waals surface area contributed by atoms with Crippen molar-refractivity contribution in [3.05, 3.63) is 75.8 Å². The van der Waals surface area contributed by atoms with Crippen LogP contribution in [-0.2, 0) is 6.54 Å². The average molecular weight is 340 g/mol. The second-order valence-corrected chi connectivity index (χ2v) is 6.21. The molecule has 4 nitrogen and oxygen atoms in total. The van der Waals surface area contributed by atoms with E-state index in [0.29, 0.717) is 17.4 Å². The van der Waals surface area contributed by atoms with Gasteiger partial charge in [-0.15, -0.1) is 0 Å². The van der Waals surface area contributed by atoms with Crippen LogP contribution in [0.3, 0.4) is 0 Å². The van der Waals surface area contributed by atoms with Crippen LogP contribution in [0.15, 0.2) is 53.3 Å². The number of methoxy groups -OCH3 is 1. The first kappa shape index (κ1) is 17.2. The number of pyridine rings is 1. The summed E-state index contributed by atoms with van der Waals surface area (Å²) in [7, 11) is 3.65. The lowest BCUT2D eigenvalue weighted by atomic mass is 10.1. The number of aromatic nitrogens is 1. The average Bonchev–Trinajstić information content (AvgIpc) is 2.62. The Morgan fingerprint density at radius 3 is 2.56 bits per heavy atom. The van der Waals surface area contributed by atoms with Crippen molar-refractivity contribution in [3.8, 4) is 5.75 Å². The molecule has 1 N–H and O–H groups in total. The van der Waals surface area contributed by atoms with Crippen molar-refractivity contribution >= 4 is 10.9 Å². The van der Waals surface area contributed by atoms with Crippen LogP contribution in [0.4, 0.5) is 4.39 Å². The molecule has 1 heterocycles. The molecule has 25 heavy (non-hydrogen) atoms. The fourth-order valence-corrected chi connectivity index (χ4v) is 2.90. The number of hydrogen-bond donors (Lipinski definition) is 1. The highest BCUT2D eigenvalue weighted by atomic mass is 19.1. The standard InChI is InChI=1S/C20H21FN2O2/c1-13(14-4-7-17(25-3)8-5-14)23(2)12-16-11-20(24)18-10-15(21)6-9-19(18)22-16/h4-11,13H,12H2,1-3H3,(H,22,24)/t13-/m0/s1. The van der Waals surface area contributed by atoms with Crippen LogP contribution < -0.4 is 10.2 Å². The minimum Gasteiger partial charge on any atom is -0.497 e. The van der Waals surface area contributed by atoms with Gasteiger partial charge in [-0.1, -0.05) is 12.1 Å². The largest absolute Gasteiger partial charge is 0.497 e. The molecule has 0 spiro atoms. The zero-order chi connectivity index (χ0) is 18.0. The molecule has 5 heteroatoms. The lowest BCUT2D eigenvalue weighted by Gasteiger charge is -2.25. The summed E-state index contributed by atoms with van der Waals surface area (Å²) in [5.41, 5.74) is 2.43. The quantitative estimate of drug-likeness (QED) is 0.767. The number of aromatic amines is 1. The third kappa shape index (κ3) is 3.72. The molecule has 0 fully saturated rings. The predicted molar refractivity (Wildman–Crippen MR) is 97.4 cm³/mol. The predicted octanol–water partition coefficient (Wildman–Crippen LogP) is 3.87. The Labute approximate surface area is 145 Å². The van der Waals surface area contributed by atoms with Crippen LogP contribution in [0, 0.1) is 5.82 Å². The van der Waals surface area contributed by atoms with Crippen molar-refractivity contribution in [1.29, 1.82) is 0 Å². The number of rotatable bonds is 5. The van der Waals surface area contributed by atoms with E-state index in [0.717, 1.165) is 17.0 Å². The molecule has 0 radical (unpaired) electrons. The summed E-state index contributed by atoms with van der Waals surface area (Å²) in [6.07, 6.45) is 0. The molecule has 2 aromatic carbocycles. The molecule has 1 atom stereocenters. The van der Waals surface area contributed by atoms with E-state index in [1.807, 2.05) is 31.3 Å². The van der Waals surface area contributed by atoms with Gasteiger partial charge in [-0.3, -0.25) is 9.69 Å². The van der Waals surface area contributed by atoms with Gasteiger partial charge in [-0.05, 0) is 49.9 Å². The lowest BCUT2D eigenvalue weighted by molar-refractivity contribution is 0.250. The molecular formula is C20H21FN2O2. The van der Waals surface area contributed by atoms with Gasteiger partial charge in [0.05, 0.1) is 7.11 Å². The number of nitrogens with zero attached hydrogens (tertiary/aromatic N) is 1. The number of nitrogens with one attached hydrogen (secondary N) is 1. The van der Waals surface area contributed by atoms with Gasteiger partial charge in [0, 0.05) is 35.2 Å². The topological polar surface area (TPSA) is 45.3 Å². The fourth-order valence-electron chi connectivity index (χ4n) is 2.90. The molecule has 0 unspecified atom stereocenters. The molecule has 0 saturated carbocycles. The van der Waals surface area contributed by atoms with Gasteiger partial charge >= 0.3 is 0 Å². The first-order valence-corrected chi connectivity index (χ1v) is 8.13. The maximum atomic E-state index is 13.3. The zero-order valence-electron chi connectivity index (χ0n) is 14.5. The van der Waals surface area contributed by atoms with Gasteiger partial charge in [0.15, 0.2) is 5.43 Å². The lowest BCUT2D eigenvalue weighted by Crippen LogP contribution is -2.23. The number of hydrogen-bond acceptors (Lipinski definition) is 3. The van der Waals surface area contributed by atoms with Crippen LogP contribution in [-0.4, -0.2) is 24.0 Å². The highest BCUT2D eigenvalue weighted by Crippen LogP contribution is 2.23. The molecule has 130 valence electrons. The molecule has 3 aromatic rings. The third-order valence-corrected chi connectivity index (χ3v) is 4.53. The highest BCUT2D eigenvalue weighted by molar-refractivity contribution is 5.78. The van der Waals surface area contributed by atoms with Gasteiger partial charge < -0.3 is 9.72 Å². The maximum absolute atomic E-state index is 13.3. The Kier molecular flexibility index (Phi) is 4.86. The SMILES string of the molecule is COc1ccc([C@H](C)N(C)Cc2cc(=O)c3cc(F)ccc3[nH]2)cc1. The Morgan fingerprint density at radius 1 is 1.16 bits per heavy atom. The minimum atomic E-state index is -0.406. The second kappa shape index (κ2) is 7.07. The van der Waals surface area contributed by atoms with Crippen LogP contribution in [0.25, 0.3) is 10.9 Å². The molecule has 0 aliphatic heterocycles. The minimum absolute atomic E-state index is 0.165. The molecule has 0 amide bonds. The summed E-state index contributed by atoms with van der Waals surface area (Å²) in [5.74, 6) is 0.417. The molecule has 3 rings (SSSR count). The van der Waals surface area contributed by atoms with E-state index in [9.17, 15) is 9.18 Å². The summed E-state index contributed by atoms with van der Waals surface area (Å²) in [6, 6.07) is 13.9. The molecule has 0 saturated heterocycles. The van der Waals surface area contributed by atoms with Crippen molar-refractivity contribution in [2.45, 2.75) is 19.5 Å². The van der Waals surface area contributed by atoms with Crippen molar-refractivity contribution in [2.75, 3.05) is 14.2 Å². The maximum Gasteiger partial charge on any atom is 0.189 e. The van der Waals surface area contributed by atoms with Gasteiger partial charge in [-0.2, -0.15) is 0 Å². The van der Waals surface area contributed by atoms with Gasteiger partial charge in [0.2, 0.25) is 0 Å². The van der Waals surface area contributed by atoms with Gasteiger partial charge in [0.25, 0.3) is 0 Å². The Balaban J connectivity index is 1.82. The van der Waals surface area contributed by atoms with E-state index in [1.165, 1.54) is 12.1 Å². The Morgan fingerprint density at radius 2 is 1.88 bits per heavy atom. The molecule has 0 bridgehead atoms. The van der Waals surface area contributed by atoms with E-state index >= 15 is 0 Å². The highest BCUT2D eigenvalue weighted by Gasteiger charge is 2.13. The first-order chi connectivity index (χ1) is 12.0. The Hall–Kier alpha value is -2.66. The number of fused-ring (bicyclic) bond motifs is 1. The third-order valence-electron chi connectivity index (χ3n) is 4.53. The van der Waals surface area contributed by atoms with Crippen molar-refractivity contribution < 1.29 is 9.13 Å². The number of ether oxygens (including phenoxy) is 1. The molecular weight excluding hydrogens is 319 g/mol. The smallest absolute Gasteiger partial charge is 0.189 e. The van der Waals surface area contributed by atoms with Crippen LogP contribution >= 0.6 is 0 Å². The Bertz CT molecular complexity index is 935. The van der Waals surface area contributed by atoms with E-state index in [-0.39, 0.29) is 11.5 Å². The number of benzene rings is 2. The molecule has 1 aromatic heterocycles. The zero-order valence-corrected chi connectivity index (χ0v) is 14.5. The van der Waals surface area contributed by atoms with Crippen molar-refractivity contribution in [1.82, 2.24) is 9.88 Å². The summed E-state index contributed by atoms with van der Waals surface area (Å²) >= 11 is 0. The number of H-pyrrole nitrogens is 1. The van der Waals surface area contributed by atoms with Crippen molar-refractivity contribution in [3.63, 3.8) is 0 Å². The van der Waals surface area contributed by atoms with Crippen LogP contribution in [0.5, 0.6) is 5.75 Å². The molecule has 0 aliphatic carbocycles. The van der Waals surface area contributed by atoms with Crippen LogP contribution in [0.1, 0.15) is 24.2 Å². The first-order valence-electron chi connectivity index (χ1n) is 8.13. The number of halogens is 1. The van der Waals surface area contributed by atoms with Gasteiger partial charge in [0.1, 0.15) is 11.6 Å². The monoisotopic (exact) mass is 340 g/mol. The van der Waals surface area contributed by atoms with Crippen molar-refractivity contribution in [2.24, 2.45) is 0 Å². The van der Waals surface area contributed by atoms with E-state index in [4.69, 9.17) is 4.74 Å². The molecule has 0 aliphatic rings. The van der Waals surface area contributed by atoms with E-state index in [1.54, 1.807) is 19.2 Å². The normalized spacial score (nSPS) is 12.5. The second-order valence-electron chi connectivity index (χ2n) is 6.21. The summed E-state index contributed by atoms with van der Waals surface area (Å²) in [5, 5.41) is 0.370. The van der Waals surface area contributed by atoms with Crippen LogP contribution in [0.2, 0.25) is 0 Å². The summed E-state index contributed by atoms with van der Waals surface area (Å²) < 4.78 is 18.5. The van der Waals surface area contributed by atoms with E-state index < -0.39 is 5.82 Å². The summed E-state index contributed by atoms with van der Waals surface area (Å²) in [6.45, 7) is 2.69. The van der Waals surface area contributed by atoms with Gasteiger partial charge in [-0.25, -0.2) is 4.39 Å². The fraction of sp³-hybridized carbons (Fsp3) is 0.250.